The summed E-state index contributed by atoms with van der Waals surface area (Å²) in [5, 5.41) is 8.53. The first-order chi connectivity index (χ1) is 6.68. The van der Waals surface area contributed by atoms with Gasteiger partial charge in [-0.15, -0.1) is 0 Å². The van der Waals surface area contributed by atoms with Crippen molar-refractivity contribution >= 4 is 5.97 Å². The first kappa shape index (κ1) is 16.8. The van der Waals surface area contributed by atoms with E-state index < -0.39 is 12.0 Å². The predicted octanol–water partition coefficient (Wildman–Crippen LogP) is 2.62. The number of carboxylic acid groups (broad SMARTS) is 1. The number of nitrogens with two attached hydrogens (primary N) is 1. The third-order valence-corrected chi connectivity index (χ3v) is 2.44. The molecule has 0 bridgehead atoms. The third kappa shape index (κ3) is 11.4. The van der Waals surface area contributed by atoms with Gasteiger partial charge in [-0.3, -0.25) is 4.79 Å². The van der Waals surface area contributed by atoms with Crippen LogP contribution in [0.1, 0.15) is 58.3 Å². The molecule has 1 unspecified atom stereocenters. The van der Waals surface area contributed by atoms with Crippen molar-refractivity contribution in [2.75, 3.05) is 0 Å². The van der Waals surface area contributed by atoms with E-state index in [-0.39, 0.29) is 7.43 Å². The highest BCUT2D eigenvalue weighted by molar-refractivity contribution is 5.72. The van der Waals surface area contributed by atoms with Crippen LogP contribution >= 0.6 is 0 Å². The molecular formula is C12H23NO2. The average Bonchev–Trinajstić information content (AvgIpc) is 2.16. The zero-order valence-electron chi connectivity index (χ0n) is 9.67. The van der Waals surface area contributed by atoms with Crippen LogP contribution in [0.5, 0.6) is 0 Å². The van der Waals surface area contributed by atoms with Gasteiger partial charge in [-0.25, -0.2) is 0 Å². The predicted molar refractivity (Wildman–Crippen MR) is 61.5 cm³/mol. The summed E-state index contributed by atoms with van der Waals surface area (Å²) in [4.78, 5) is 10.4. The molecule has 3 heteroatoms. The van der Waals surface area contributed by atoms with Gasteiger partial charge in [0.1, 0.15) is 6.04 Å². The molecule has 0 rings (SSSR count). The highest BCUT2D eigenvalue weighted by atomic mass is 16.4. The lowest BCUT2D eigenvalue weighted by Gasteiger charge is -2.05. The fourth-order valence-electron chi connectivity index (χ4n) is 1.44. The van der Waals surface area contributed by atoms with Crippen LogP contribution in [0.25, 0.3) is 0 Å². The minimum atomic E-state index is -0.879. The molecule has 0 aliphatic rings. The summed E-state index contributed by atoms with van der Waals surface area (Å²) in [6, 6.07) is -0.661. The Morgan fingerprint density at radius 2 is 1.60 bits per heavy atom. The van der Waals surface area contributed by atoms with E-state index in [0.29, 0.717) is 6.42 Å². The highest BCUT2D eigenvalue weighted by Gasteiger charge is 2.09. The summed E-state index contributed by atoms with van der Waals surface area (Å²) in [6.45, 7) is 2.20. The molecule has 3 N–H and O–H groups in total. The summed E-state index contributed by atoms with van der Waals surface area (Å²) >= 11 is 0. The van der Waals surface area contributed by atoms with Crippen LogP contribution in [0.4, 0.5) is 0 Å². The molecule has 0 aromatic heterocycles. The van der Waals surface area contributed by atoms with Gasteiger partial charge in [0.05, 0.1) is 0 Å². The summed E-state index contributed by atoms with van der Waals surface area (Å²) in [5.41, 5.74) is 5.38. The van der Waals surface area contributed by atoms with Gasteiger partial charge in [-0.1, -0.05) is 51.9 Å². The SMILES string of the molecule is CCCCCCCCCC(N)C(=O)O.[C]. The van der Waals surface area contributed by atoms with Gasteiger partial charge in [0.2, 0.25) is 0 Å². The smallest absolute Gasteiger partial charge is 0.320 e. The number of aliphatic carboxylic acids is 1. The van der Waals surface area contributed by atoms with Crippen LogP contribution in [0.3, 0.4) is 0 Å². The van der Waals surface area contributed by atoms with Crippen molar-refractivity contribution in [1.29, 1.82) is 0 Å². The molecule has 1 atom stereocenters. The topological polar surface area (TPSA) is 63.3 Å². The van der Waals surface area contributed by atoms with Gasteiger partial charge in [-0.2, -0.15) is 0 Å². The molecule has 3 nitrogen and oxygen atoms in total. The minimum absolute atomic E-state index is 0. The van der Waals surface area contributed by atoms with E-state index in [1.165, 1.54) is 32.1 Å². The second-order valence-corrected chi connectivity index (χ2v) is 3.85. The average molecular weight is 213 g/mol. The molecule has 0 aromatic carbocycles. The quantitative estimate of drug-likeness (QED) is 0.579. The molecule has 0 heterocycles. The normalized spacial score (nSPS) is 11.9. The number of unbranched alkanes of at least 4 members (excludes halogenated alkanes) is 6. The lowest BCUT2D eigenvalue weighted by molar-refractivity contribution is -0.138. The third-order valence-electron chi connectivity index (χ3n) is 2.44. The standard InChI is InChI=1S/C11H23NO2.C/c1-2-3-4-5-6-7-8-9-10(12)11(13)14;/h10H,2-9,12H2,1H3,(H,13,14);. The molecule has 15 heavy (non-hydrogen) atoms. The van der Waals surface area contributed by atoms with Crippen molar-refractivity contribution in [2.24, 2.45) is 5.73 Å². The second kappa shape index (κ2) is 11.5. The van der Waals surface area contributed by atoms with Crippen LogP contribution in [0.2, 0.25) is 0 Å². The van der Waals surface area contributed by atoms with E-state index in [0.717, 1.165) is 12.8 Å². The molecule has 4 radical (unpaired) electrons. The highest BCUT2D eigenvalue weighted by Crippen LogP contribution is 2.09. The maximum Gasteiger partial charge on any atom is 0.320 e. The number of hydrogen-bond donors (Lipinski definition) is 2. The number of hydrogen-bond acceptors (Lipinski definition) is 2. The Balaban J connectivity index is 0. The second-order valence-electron chi connectivity index (χ2n) is 3.85. The van der Waals surface area contributed by atoms with Gasteiger partial charge >= 0.3 is 5.97 Å². The molecule has 0 aromatic rings. The van der Waals surface area contributed by atoms with E-state index in [1.54, 1.807) is 0 Å². The van der Waals surface area contributed by atoms with Crippen LogP contribution in [-0.4, -0.2) is 17.1 Å². The first-order valence-electron chi connectivity index (χ1n) is 5.67. The van der Waals surface area contributed by atoms with E-state index >= 15 is 0 Å². The van der Waals surface area contributed by atoms with E-state index in [1.807, 2.05) is 0 Å². The Labute approximate surface area is 94.1 Å². The van der Waals surface area contributed by atoms with Crippen LogP contribution < -0.4 is 5.73 Å². The molecule has 0 fully saturated rings. The fraction of sp³-hybridized carbons (Fsp3) is 0.833. The summed E-state index contributed by atoms with van der Waals surface area (Å²) in [7, 11) is 0. The van der Waals surface area contributed by atoms with Gasteiger partial charge < -0.3 is 10.8 Å². The number of rotatable bonds is 9. The van der Waals surface area contributed by atoms with Gasteiger partial charge in [0.25, 0.3) is 0 Å². The molecular weight excluding hydrogens is 190 g/mol. The Morgan fingerprint density at radius 3 is 2.07 bits per heavy atom. The van der Waals surface area contributed by atoms with Crippen LogP contribution in [0.15, 0.2) is 0 Å². The molecule has 0 aliphatic heterocycles. The minimum Gasteiger partial charge on any atom is -0.480 e. The molecule has 0 aliphatic carbocycles. The largest absolute Gasteiger partial charge is 0.480 e. The Bertz CT molecular complexity index is 149. The molecule has 0 amide bonds. The van der Waals surface area contributed by atoms with Crippen molar-refractivity contribution < 1.29 is 9.90 Å². The molecule has 0 saturated carbocycles. The van der Waals surface area contributed by atoms with Gasteiger partial charge in [0.15, 0.2) is 0 Å². The lowest BCUT2D eigenvalue weighted by atomic mass is 10.1. The van der Waals surface area contributed by atoms with E-state index in [2.05, 4.69) is 6.92 Å². The lowest BCUT2D eigenvalue weighted by Crippen LogP contribution is -2.29. The Hall–Kier alpha value is -0.570. The van der Waals surface area contributed by atoms with Crippen molar-refractivity contribution in [3.8, 4) is 0 Å². The fourth-order valence-corrected chi connectivity index (χ4v) is 1.44. The molecule has 0 spiro atoms. The van der Waals surface area contributed by atoms with Crippen molar-refractivity contribution in [3.05, 3.63) is 7.43 Å². The van der Waals surface area contributed by atoms with E-state index in [9.17, 15) is 4.79 Å². The number of carbonyl (C=O) groups is 1. The zero-order chi connectivity index (χ0) is 10.8. The first-order valence-corrected chi connectivity index (χ1v) is 5.67. The van der Waals surface area contributed by atoms with Crippen molar-refractivity contribution in [1.82, 2.24) is 0 Å². The summed E-state index contributed by atoms with van der Waals surface area (Å²) in [6.07, 6.45) is 9.05. The maximum absolute atomic E-state index is 10.4. The zero-order valence-corrected chi connectivity index (χ0v) is 9.67. The van der Waals surface area contributed by atoms with Crippen LogP contribution in [-0.2, 0) is 4.79 Å². The van der Waals surface area contributed by atoms with Crippen molar-refractivity contribution in [2.45, 2.75) is 64.3 Å². The van der Waals surface area contributed by atoms with Crippen molar-refractivity contribution in [3.63, 3.8) is 0 Å². The summed E-state index contributed by atoms with van der Waals surface area (Å²) < 4.78 is 0. The maximum atomic E-state index is 10.4. The Morgan fingerprint density at radius 1 is 1.13 bits per heavy atom. The molecule has 0 saturated heterocycles. The Kier molecular flexibility index (Phi) is 12.9. The summed E-state index contributed by atoms with van der Waals surface area (Å²) in [5.74, 6) is -0.879. The van der Waals surface area contributed by atoms with E-state index in [4.69, 9.17) is 10.8 Å². The molecule has 88 valence electrons. The monoisotopic (exact) mass is 213 g/mol. The van der Waals surface area contributed by atoms with Gasteiger partial charge in [-0.05, 0) is 6.42 Å². The number of carboxylic acids is 1. The van der Waals surface area contributed by atoms with Gasteiger partial charge in [0, 0.05) is 7.43 Å². The van der Waals surface area contributed by atoms with Crippen LogP contribution in [0, 0.1) is 7.43 Å².